The number of benzene rings is 1. The summed E-state index contributed by atoms with van der Waals surface area (Å²) < 4.78 is 5.78. The molecule has 1 aromatic heterocycles. The van der Waals surface area contributed by atoms with Crippen molar-refractivity contribution in [3.05, 3.63) is 30.0 Å². The molecule has 0 radical (unpaired) electrons. The molecular weight excluding hydrogens is 300 g/mol. The molecule has 0 aliphatic carbocycles. The molecule has 0 spiro atoms. The van der Waals surface area contributed by atoms with E-state index in [-0.39, 0.29) is 5.78 Å². The Labute approximate surface area is 144 Å². The molecular formula is C20H28N2O2. The molecule has 0 atom stereocenters. The van der Waals surface area contributed by atoms with E-state index < -0.39 is 0 Å². The van der Waals surface area contributed by atoms with Crippen LogP contribution in [0.3, 0.4) is 0 Å². The fraction of sp³-hybridized carbons (Fsp3) is 0.550. The molecule has 4 nitrogen and oxygen atoms in total. The fourth-order valence-corrected chi connectivity index (χ4v) is 3.39. The molecule has 2 aromatic rings. The monoisotopic (exact) mass is 328 g/mol. The Hall–Kier alpha value is -1.81. The van der Waals surface area contributed by atoms with Gasteiger partial charge in [0, 0.05) is 29.1 Å². The Bertz CT molecular complexity index is 671. The first-order chi connectivity index (χ1) is 11.8. The maximum absolute atomic E-state index is 12.7. The third-order valence-corrected chi connectivity index (χ3v) is 4.96. The van der Waals surface area contributed by atoms with Crippen molar-refractivity contribution >= 4 is 16.7 Å². The minimum absolute atomic E-state index is 0.241. The summed E-state index contributed by atoms with van der Waals surface area (Å²) in [5, 5.41) is 4.36. The molecule has 4 heteroatoms. The summed E-state index contributed by atoms with van der Waals surface area (Å²) >= 11 is 0. The Morgan fingerprint density at radius 3 is 2.92 bits per heavy atom. The normalized spacial score (nSPS) is 15.7. The van der Waals surface area contributed by atoms with Crippen molar-refractivity contribution in [3.8, 4) is 5.75 Å². The third kappa shape index (κ3) is 4.18. The van der Waals surface area contributed by atoms with Crippen LogP contribution >= 0.6 is 0 Å². The zero-order valence-corrected chi connectivity index (χ0v) is 14.6. The molecule has 0 saturated carbocycles. The van der Waals surface area contributed by atoms with Crippen molar-refractivity contribution in [2.45, 2.75) is 45.4 Å². The molecule has 1 aliphatic heterocycles. The molecule has 24 heavy (non-hydrogen) atoms. The average Bonchev–Trinajstić information content (AvgIpc) is 3.04. The van der Waals surface area contributed by atoms with Gasteiger partial charge in [0.1, 0.15) is 5.75 Å². The largest absolute Gasteiger partial charge is 0.494 e. The molecule has 0 bridgehead atoms. The van der Waals surface area contributed by atoms with Gasteiger partial charge < -0.3 is 15.0 Å². The number of aromatic nitrogens is 1. The van der Waals surface area contributed by atoms with Crippen LogP contribution in [-0.4, -0.2) is 30.5 Å². The minimum Gasteiger partial charge on any atom is -0.494 e. The summed E-state index contributed by atoms with van der Waals surface area (Å²) in [5.41, 5.74) is 1.81. The molecule has 0 unspecified atom stereocenters. The van der Waals surface area contributed by atoms with Gasteiger partial charge in [0.25, 0.3) is 0 Å². The molecule has 2 N–H and O–H groups in total. The highest BCUT2D eigenvalue weighted by molar-refractivity contribution is 6.08. The van der Waals surface area contributed by atoms with E-state index in [4.69, 9.17) is 4.74 Å². The second-order valence-electron chi connectivity index (χ2n) is 6.77. The van der Waals surface area contributed by atoms with E-state index >= 15 is 0 Å². The molecule has 0 amide bonds. The van der Waals surface area contributed by atoms with Gasteiger partial charge in [-0.05, 0) is 62.9 Å². The molecule has 3 rings (SSSR count). The standard InChI is InChI=1S/C20H28N2O2/c1-2-3-12-24-16-5-6-19-17(13-16)18(14-22-19)20(23)7-4-15-8-10-21-11-9-15/h5-6,13-15,21-22H,2-4,7-12H2,1H3. The number of ether oxygens (including phenoxy) is 1. The van der Waals surface area contributed by atoms with Crippen LogP contribution in [0.15, 0.2) is 24.4 Å². The van der Waals surface area contributed by atoms with Gasteiger partial charge >= 0.3 is 0 Å². The van der Waals surface area contributed by atoms with Gasteiger partial charge in [-0.25, -0.2) is 0 Å². The number of hydrogen-bond acceptors (Lipinski definition) is 3. The number of hydrogen-bond donors (Lipinski definition) is 2. The zero-order chi connectivity index (χ0) is 16.8. The quantitative estimate of drug-likeness (QED) is 0.561. The van der Waals surface area contributed by atoms with Crippen molar-refractivity contribution in [3.63, 3.8) is 0 Å². The second kappa shape index (κ2) is 8.34. The highest BCUT2D eigenvalue weighted by atomic mass is 16.5. The van der Waals surface area contributed by atoms with Gasteiger partial charge in [-0.2, -0.15) is 0 Å². The van der Waals surface area contributed by atoms with Gasteiger partial charge in [-0.1, -0.05) is 13.3 Å². The van der Waals surface area contributed by atoms with Crippen LogP contribution in [0.5, 0.6) is 5.75 Å². The van der Waals surface area contributed by atoms with Gasteiger partial charge in [-0.3, -0.25) is 4.79 Å². The lowest BCUT2D eigenvalue weighted by Gasteiger charge is -2.21. The number of unbranched alkanes of at least 4 members (excludes halogenated alkanes) is 1. The number of Topliss-reactive ketones (excluding diaryl/α,β-unsaturated/α-hetero) is 1. The summed E-state index contributed by atoms with van der Waals surface area (Å²) in [7, 11) is 0. The molecule has 1 aromatic carbocycles. The summed E-state index contributed by atoms with van der Waals surface area (Å²) in [6, 6.07) is 5.97. The van der Waals surface area contributed by atoms with E-state index in [1.807, 2.05) is 24.4 Å². The first-order valence-corrected chi connectivity index (χ1v) is 9.25. The van der Waals surface area contributed by atoms with Crippen LogP contribution < -0.4 is 10.1 Å². The van der Waals surface area contributed by atoms with Gasteiger partial charge in [-0.15, -0.1) is 0 Å². The molecule has 2 heterocycles. The molecule has 1 aliphatic rings. The highest BCUT2D eigenvalue weighted by Gasteiger charge is 2.17. The van der Waals surface area contributed by atoms with Crippen molar-refractivity contribution in [1.29, 1.82) is 0 Å². The fourth-order valence-electron chi connectivity index (χ4n) is 3.39. The van der Waals surface area contributed by atoms with Gasteiger partial charge in [0.05, 0.1) is 6.61 Å². The lowest BCUT2D eigenvalue weighted by Crippen LogP contribution is -2.27. The first kappa shape index (κ1) is 17.0. The van der Waals surface area contributed by atoms with E-state index in [0.717, 1.165) is 61.2 Å². The number of H-pyrrole nitrogens is 1. The maximum Gasteiger partial charge on any atom is 0.165 e. The summed E-state index contributed by atoms with van der Waals surface area (Å²) in [5.74, 6) is 1.78. The van der Waals surface area contributed by atoms with Crippen LogP contribution in [0, 0.1) is 5.92 Å². The zero-order valence-electron chi connectivity index (χ0n) is 14.6. The summed E-state index contributed by atoms with van der Waals surface area (Å²) in [4.78, 5) is 15.9. The lowest BCUT2D eigenvalue weighted by molar-refractivity contribution is 0.0972. The van der Waals surface area contributed by atoms with Gasteiger partial charge in [0.2, 0.25) is 0 Å². The van der Waals surface area contributed by atoms with Crippen molar-refractivity contribution < 1.29 is 9.53 Å². The molecule has 130 valence electrons. The smallest absolute Gasteiger partial charge is 0.165 e. The SMILES string of the molecule is CCCCOc1ccc2[nH]cc(C(=O)CCC3CCNCC3)c2c1. The summed E-state index contributed by atoms with van der Waals surface area (Å²) in [6.07, 6.45) is 8.04. The number of fused-ring (bicyclic) bond motifs is 1. The van der Waals surface area contributed by atoms with E-state index in [2.05, 4.69) is 17.2 Å². The predicted molar refractivity (Wildman–Crippen MR) is 97.9 cm³/mol. The van der Waals surface area contributed by atoms with E-state index in [1.165, 1.54) is 12.8 Å². The molecule has 1 fully saturated rings. The van der Waals surface area contributed by atoms with Crippen LogP contribution in [0.25, 0.3) is 10.9 Å². The van der Waals surface area contributed by atoms with E-state index in [0.29, 0.717) is 12.3 Å². The van der Waals surface area contributed by atoms with E-state index in [1.54, 1.807) is 0 Å². The van der Waals surface area contributed by atoms with Crippen molar-refractivity contribution in [2.24, 2.45) is 5.92 Å². The van der Waals surface area contributed by atoms with Gasteiger partial charge in [0.15, 0.2) is 5.78 Å². The number of ketones is 1. The van der Waals surface area contributed by atoms with Crippen LogP contribution in [0.1, 0.15) is 55.8 Å². The Kier molecular flexibility index (Phi) is 5.91. The maximum atomic E-state index is 12.7. The first-order valence-electron chi connectivity index (χ1n) is 9.25. The topological polar surface area (TPSA) is 54.1 Å². The Morgan fingerprint density at radius 2 is 2.12 bits per heavy atom. The predicted octanol–water partition coefficient (Wildman–Crippen LogP) is 4.31. The number of carbonyl (C=O) groups is 1. The Morgan fingerprint density at radius 1 is 1.29 bits per heavy atom. The number of carbonyl (C=O) groups excluding carboxylic acids is 1. The third-order valence-electron chi connectivity index (χ3n) is 4.96. The van der Waals surface area contributed by atoms with Crippen molar-refractivity contribution in [1.82, 2.24) is 10.3 Å². The van der Waals surface area contributed by atoms with Crippen LogP contribution in [0.4, 0.5) is 0 Å². The number of nitrogens with one attached hydrogen (secondary N) is 2. The van der Waals surface area contributed by atoms with E-state index in [9.17, 15) is 4.79 Å². The van der Waals surface area contributed by atoms with Crippen molar-refractivity contribution in [2.75, 3.05) is 19.7 Å². The van der Waals surface area contributed by atoms with Crippen LogP contribution in [0.2, 0.25) is 0 Å². The second-order valence-corrected chi connectivity index (χ2v) is 6.77. The molecule has 1 saturated heterocycles. The summed E-state index contributed by atoms with van der Waals surface area (Å²) in [6.45, 7) is 5.05. The number of rotatable bonds is 8. The lowest BCUT2D eigenvalue weighted by atomic mass is 9.91. The minimum atomic E-state index is 0.241. The number of aromatic amines is 1. The Balaban J connectivity index is 1.66. The number of piperidine rings is 1. The average molecular weight is 328 g/mol. The highest BCUT2D eigenvalue weighted by Crippen LogP contribution is 2.26. The van der Waals surface area contributed by atoms with Crippen LogP contribution in [-0.2, 0) is 0 Å².